The molecule has 1 atom stereocenters. The molecule has 0 aliphatic heterocycles. The van der Waals surface area contributed by atoms with Crippen LogP contribution in [0.2, 0.25) is 0 Å². The van der Waals surface area contributed by atoms with E-state index in [9.17, 15) is 9.59 Å². The Balaban J connectivity index is 2.82. The van der Waals surface area contributed by atoms with E-state index in [1.807, 2.05) is 26.8 Å². The van der Waals surface area contributed by atoms with Crippen LogP contribution in [0.3, 0.4) is 0 Å². The molecule has 1 unspecified atom stereocenters. The van der Waals surface area contributed by atoms with Crippen LogP contribution in [-0.4, -0.2) is 35.8 Å². The molecular weight excluding hydrogens is 278 g/mol. The third-order valence-corrected chi connectivity index (χ3v) is 4.59. The van der Waals surface area contributed by atoms with Crippen molar-refractivity contribution in [2.45, 2.75) is 64.8 Å². The molecule has 22 heavy (non-hydrogen) atoms. The minimum atomic E-state index is -0.680. The van der Waals surface area contributed by atoms with Crippen molar-refractivity contribution < 1.29 is 9.59 Å². The highest BCUT2D eigenvalue weighted by atomic mass is 16.2. The maximum atomic E-state index is 12.8. The predicted molar refractivity (Wildman–Crippen MR) is 85.8 cm³/mol. The second-order valence-electron chi connectivity index (χ2n) is 7.24. The maximum Gasteiger partial charge on any atom is 0.235 e. The second-order valence-corrected chi connectivity index (χ2v) is 7.24. The third kappa shape index (κ3) is 5.32. The van der Waals surface area contributed by atoms with E-state index in [4.69, 9.17) is 5.26 Å². The van der Waals surface area contributed by atoms with Crippen LogP contribution < -0.4 is 5.32 Å². The molecule has 1 rings (SSSR count). The van der Waals surface area contributed by atoms with E-state index in [1.54, 1.807) is 11.9 Å². The van der Waals surface area contributed by atoms with Gasteiger partial charge in [-0.05, 0) is 33.1 Å². The Morgan fingerprint density at radius 3 is 2.36 bits per heavy atom. The largest absolute Gasteiger partial charge is 0.342 e. The average molecular weight is 307 g/mol. The lowest BCUT2D eigenvalue weighted by Gasteiger charge is -2.35. The van der Waals surface area contributed by atoms with Crippen molar-refractivity contribution in [2.24, 2.45) is 11.8 Å². The first kappa shape index (κ1) is 18.5. The number of hydrogen-bond acceptors (Lipinski definition) is 3. The summed E-state index contributed by atoms with van der Waals surface area (Å²) in [7, 11) is 1.74. The molecule has 5 nitrogen and oxygen atoms in total. The zero-order valence-electron chi connectivity index (χ0n) is 14.3. The molecule has 1 aliphatic rings. The van der Waals surface area contributed by atoms with Crippen molar-refractivity contribution in [2.75, 3.05) is 13.6 Å². The number of rotatable bonds is 5. The molecule has 0 radical (unpaired) electrons. The fraction of sp³-hybridized carbons (Fsp3) is 0.824. The highest BCUT2D eigenvalue weighted by Crippen LogP contribution is 2.30. The third-order valence-electron chi connectivity index (χ3n) is 4.59. The van der Waals surface area contributed by atoms with Crippen LogP contribution in [0.15, 0.2) is 0 Å². The van der Waals surface area contributed by atoms with Gasteiger partial charge in [0.2, 0.25) is 11.8 Å². The van der Waals surface area contributed by atoms with E-state index in [0.717, 1.165) is 12.8 Å². The van der Waals surface area contributed by atoms with Crippen LogP contribution in [0.25, 0.3) is 0 Å². The summed E-state index contributed by atoms with van der Waals surface area (Å²) < 4.78 is 0. The van der Waals surface area contributed by atoms with Crippen molar-refractivity contribution in [1.82, 2.24) is 10.2 Å². The monoisotopic (exact) mass is 307 g/mol. The van der Waals surface area contributed by atoms with Gasteiger partial charge in [0.25, 0.3) is 0 Å². The molecule has 0 aromatic carbocycles. The van der Waals surface area contributed by atoms with Gasteiger partial charge in [0.1, 0.15) is 12.5 Å². The van der Waals surface area contributed by atoms with Gasteiger partial charge < -0.3 is 10.2 Å². The maximum absolute atomic E-state index is 12.8. The average Bonchev–Trinajstić information content (AvgIpc) is 2.49. The summed E-state index contributed by atoms with van der Waals surface area (Å²) in [5.41, 5.74) is -0.322. The molecule has 0 saturated heterocycles. The molecule has 1 N–H and O–H groups in total. The molecule has 0 heterocycles. The number of nitrogens with one attached hydrogen (secondary N) is 1. The molecule has 124 valence electrons. The summed E-state index contributed by atoms with van der Waals surface area (Å²) in [4.78, 5) is 26.7. The molecule has 0 aromatic rings. The first-order chi connectivity index (χ1) is 10.3. The summed E-state index contributed by atoms with van der Waals surface area (Å²) >= 11 is 0. The number of carbonyl (C=O) groups excluding carboxylic acids is 2. The van der Waals surface area contributed by atoms with Gasteiger partial charge in [-0.2, -0.15) is 5.26 Å². The minimum absolute atomic E-state index is 0.0491. The first-order valence-electron chi connectivity index (χ1n) is 8.19. The molecule has 1 fully saturated rings. The van der Waals surface area contributed by atoms with Gasteiger partial charge in [0.15, 0.2) is 0 Å². The standard InChI is InChI=1S/C17H29N3O2/c1-17(2,3)20(4)16(22)14(15(21)19-11-10-18)12-13-8-6-5-7-9-13/h13-14H,5-9,11-12H2,1-4H3,(H,19,21). The zero-order chi connectivity index (χ0) is 16.8. The Hall–Kier alpha value is -1.57. The summed E-state index contributed by atoms with van der Waals surface area (Å²) in [6.45, 7) is 5.81. The van der Waals surface area contributed by atoms with E-state index in [-0.39, 0.29) is 23.9 Å². The van der Waals surface area contributed by atoms with Crippen molar-refractivity contribution in [3.05, 3.63) is 0 Å². The number of nitriles is 1. The van der Waals surface area contributed by atoms with E-state index in [0.29, 0.717) is 12.3 Å². The Kier molecular flexibility index (Phi) is 6.86. The Bertz CT molecular complexity index is 428. The van der Waals surface area contributed by atoms with Crippen molar-refractivity contribution in [3.63, 3.8) is 0 Å². The Morgan fingerprint density at radius 1 is 1.27 bits per heavy atom. The zero-order valence-corrected chi connectivity index (χ0v) is 14.3. The molecule has 0 aromatic heterocycles. The smallest absolute Gasteiger partial charge is 0.235 e. The van der Waals surface area contributed by atoms with E-state index in [2.05, 4.69) is 5.32 Å². The Labute approximate surface area is 134 Å². The Morgan fingerprint density at radius 2 is 1.86 bits per heavy atom. The van der Waals surface area contributed by atoms with Crippen LogP contribution in [0.4, 0.5) is 0 Å². The number of hydrogen-bond donors (Lipinski definition) is 1. The second kappa shape index (κ2) is 8.17. The van der Waals surface area contributed by atoms with Crippen molar-refractivity contribution in [1.29, 1.82) is 5.26 Å². The van der Waals surface area contributed by atoms with E-state index < -0.39 is 5.92 Å². The van der Waals surface area contributed by atoms with Gasteiger partial charge in [0, 0.05) is 12.6 Å². The lowest BCUT2D eigenvalue weighted by Crippen LogP contribution is -2.49. The number of amides is 2. The van der Waals surface area contributed by atoms with Crippen molar-refractivity contribution in [3.8, 4) is 6.07 Å². The van der Waals surface area contributed by atoms with Crippen LogP contribution in [0.1, 0.15) is 59.3 Å². The molecule has 1 aliphatic carbocycles. The SMILES string of the molecule is CN(C(=O)C(CC1CCCCC1)C(=O)NCC#N)C(C)(C)C. The van der Waals surface area contributed by atoms with E-state index >= 15 is 0 Å². The van der Waals surface area contributed by atoms with Gasteiger partial charge in [0.05, 0.1) is 6.07 Å². The molecule has 2 amide bonds. The summed E-state index contributed by atoms with van der Waals surface area (Å²) in [6.07, 6.45) is 6.39. The summed E-state index contributed by atoms with van der Waals surface area (Å²) in [6, 6.07) is 1.90. The molecule has 0 spiro atoms. The van der Waals surface area contributed by atoms with Crippen LogP contribution in [0.5, 0.6) is 0 Å². The lowest BCUT2D eigenvalue weighted by molar-refractivity contribution is -0.145. The van der Waals surface area contributed by atoms with Gasteiger partial charge in [-0.15, -0.1) is 0 Å². The quantitative estimate of drug-likeness (QED) is 0.626. The van der Waals surface area contributed by atoms with E-state index in [1.165, 1.54) is 19.3 Å². The van der Waals surface area contributed by atoms with Gasteiger partial charge in [-0.1, -0.05) is 32.1 Å². The number of nitrogens with zero attached hydrogens (tertiary/aromatic N) is 2. The van der Waals surface area contributed by atoms with Gasteiger partial charge in [-0.25, -0.2) is 0 Å². The fourth-order valence-corrected chi connectivity index (χ4v) is 2.89. The highest BCUT2D eigenvalue weighted by molar-refractivity contribution is 6.00. The summed E-state index contributed by atoms with van der Waals surface area (Å²) in [5.74, 6) is -0.702. The van der Waals surface area contributed by atoms with Crippen LogP contribution >= 0.6 is 0 Å². The topological polar surface area (TPSA) is 73.2 Å². The summed E-state index contributed by atoms with van der Waals surface area (Å²) in [5, 5.41) is 11.2. The highest BCUT2D eigenvalue weighted by Gasteiger charge is 2.35. The first-order valence-corrected chi connectivity index (χ1v) is 8.19. The van der Waals surface area contributed by atoms with Gasteiger partial charge >= 0.3 is 0 Å². The molecule has 0 bridgehead atoms. The normalized spacial score (nSPS) is 17.4. The van der Waals surface area contributed by atoms with Gasteiger partial charge in [-0.3, -0.25) is 9.59 Å². The lowest BCUT2D eigenvalue weighted by atomic mass is 9.81. The molecule has 5 heteroatoms. The van der Waals surface area contributed by atoms with Crippen molar-refractivity contribution >= 4 is 11.8 Å². The molecule has 1 saturated carbocycles. The van der Waals surface area contributed by atoms with Crippen LogP contribution in [0, 0.1) is 23.2 Å². The van der Waals surface area contributed by atoms with Crippen LogP contribution in [-0.2, 0) is 9.59 Å². The fourth-order valence-electron chi connectivity index (χ4n) is 2.89. The molecular formula is C17H29N3O2. The predicted octanol–water partition coefficient (Wildman–Crippen LogP) is 2.47. The minimum Gasteiger partial charge on any atom is -0.342 e. The number of carbonyl (C=O) groups is 2.